The van der Waals surface area contributed by atoms with E-state index >= 15 is 0 Å². The monoisotopic (exact) mass is 406 g/mol. The van der Waals surface area contributed by atoms with Gasteiger partial charge in [0, 0.05) is 50.9 Å². The summed E-state index contributed by atoms with van der Waals surface area (Å²) >= 11 is 12.1. The summed E-state index contributed by atoms with van der Waals surface area (Å²) in [5.74, 6) is 1.58. The molecular formula is C18H20Cl2N6O. The molecular weight excluding hydrogens is 387 g/mol. The molecule has 0 N–H and O–H groups in total. The van der Waals surface area contributed by atoms with Crippen molar-refractivity contribution >= 4 is 40.1 Å². The normalized spacial score (nSPS) is 15.4. The molecule has 142 valence electrons. The molecule has 1 aliphatic rings. The Morgan fingerprint density at radius 3 is 2.74 bits per heavy atom. The van der Waals surface area contributed by atoms with E-state index in [0.717, 1.165) is 49.6 Å². The van der Waals surface area contributed by atoms with Gasteiger partial charge in [0.1, 0.15) is 24.5 Å². The first-order valence-electron chi connectivity index (χ1n) is 8.79. The van der Waals surface area contributed by atoms with Crippen molar-refractivity contribution in [3.8, 4) is 5.75 Å². The second-order valence-corrected chi connectivity index (χ2v) is 7.30. The van der Waals surface area contributed by atoms with Gasteiger partial charge in [-0.1, -0.05) is 23.2 Å². The first-order chi connectivity index (χ1) is 13.1. The van der Waals surface area contributed by atoms with Crippen molar-refractivity contribution in [1.29, 1.82) is 0 Å². The minimum Gasteiger partial charge on any atom is -0.491 e. The van der Waals surface area contributed by atoms with Crippen LogP contribution in [0.4, 0.5) is 5.82 Å². The van der Waals surface area contributed by atoms with Crippen molar-refractivity contribution in [1.82, 2.24) is 24.6 Å². The predicted molar refractivity (Wildman–Crippen MR) is 107 cm³/mol. The molecule has 3 heterocycles. The zero-order chi connectivity index (χ0) is 18.8. The maximum absolute atomic E-state index is 6.13. The minimum atomic E-state index is 0.570. The van der Waals surface area contributed by atoms with E-state index < -0.39 is 0 Å². The van der Waals surface area contributed by atoms with Gasteiger partial charge in [-0.3, -0.25) is 9.58 Å². The lowest BCUT2D eigenvalue weighted by molar-refractivity contribution is 0.200. The summed E-state index contributed by atoms with van der Waals surface area (Å²) in [5, 5.41) is 6.48. The molecule has 0 saturated carbocycles. The number of hydrogen-bond donors (Lipinski definition) is 0. The average Bonchev–Trinajstić information content (AvgIpc) is 3.06. The second-order valence-electron chi connectivity index (χ2n) is 6.45. The van der Waals surface area contributed by atoms with Crippen molar-refractivity contribution in [2.45, 2.75) is 0 Å². The molecule has 2 aromatic heterocycles. The third-order valence-corrected chi connectivity index (χ3v) is 5.29. The van der Waals surface area contributed by atoms with Crippen LogP contribution in [0.2, 0.25) is 10.0 Å². The molecule has 1 fully saturated rings. The Morgan fingerprint density at radius 2 is 1.93 bits per heavy atom. The number of aryl methyl sites for hydroxylation is 1. The smallest absolute Gasteiger partial charge is 0.163 e. The van der Waals surface area contributed by atoms with E-state index in [1.54, 1.807) is 29.2 Å². The summed E-state index contributed by atoms with van der Waals surface area (Å²) in [4.78, 5) is 13.4. The van der Waals surface area contributed by atoms with E-state index in [1.165, 1.54) is 0 Å². The van der Waals surface area contributed by atoms with Crippen molar-refractivity contribution in [2.24, 2.45) is 7.05 Å². The van der Waals surface area contributed by atoms with Crippen LogP contribution < -0.4 is 9.64 Å². The number of hydrogen-bond acceptors (Lipinski definition) is 6. The Hall–Kier alpha value is -2.09. The molecule has 0 amide bonds. The van der Waals surface area contributed by atoms with E-state index in [9.17, 15) is 0 Å². The van der Waals surface area contributed by atoms with Crippen LogP contribution in [0, 0.1) is 0 Å². The summed E-state index contributed by atoms with van der Waals surface area (Å²) in [6.07, 6.45) is 3.44. The molecule has 0 bridgehead atoms. The van der Waals surface area contributed by atoms with Gasteiger partial charge in [-0.25, -0.2) is 9.97 Å². The molecule has 1 saturated heterocycles. The number of benzene rings is 1. The lowest BCUT2D eigenvalue weighted by Crippen LogP contribution is -2.47. The topological polar surface area (TPSA) is 59.3 Å². The number of anilines is 1. The predicted octanol–water partition coefficient (Wildman–Crippen LogP) is 2.87. The number of rotatable bonds is 5. The van der Waals surface area contributed by atoms with Gasteiger partial charge >= 0.3 is 0 Å². The van der Waals surface area contributed by atoms with Crippen LogP contribution in [0.5, 0.6) is 5.75 Å². The molecule has 3 aromatic rings. The first kappa shape index (κ1) is 18.3. The maximum atomic E-state index is 6.13. The number of nitrogens with zero attached hydrogens (tertiary/aromatic N) is 6. The van der Waals surface area contributed by atoms with Crippen LogP contribution in [-0.4, -0.2) is 64.0 Å². The summed E-state index contributed by atoms with van der Waals surface area (Å²) in [6.45, 7) is 5.10. The molecule has 9 heteroatoms. The van der Waals surface area contributed by atoms with Gasteiger partial charge in [0.25, 0.3) is 0 Å². The van der Waals surface area contributed by atoms with Crippen molar-refractivity contribution in [2.75, 3.05) is 44.2 Å². The highest BCUT2D eigenvalue weighted by molar-refractivity contribution is 6.34. The van der Waals surface area contributed by atoms with Gasteiger partial charge < -0.3 is 9.64 Å². The highest BCUT2D eigenvalue weighted by Gasteiger charge is 2.21. The Morgan fingerprint density at radius 1 is 1.11 bits per heavy atom. The number of piperazine rings is 1. The minimum absolute atomic E-state index is 0.570. The molecule has 0 aliphatic carbocycles. The molecule has 0 atom stereocenters. The highest BCUT2D eigenvalue weighted by atomic mass is 35.5. The molecule has 1 aliphatic heterocycles. The number of aromatic nitrogens is 4. The zero-order valence-corrected chi connectivity index (χ0v) is 16.5. The van der Waals surface area contributed by atoms with E-state index in [2.05, 4.69) is 24.9 Å². The Labute approximate surface area is 167 Å². The van der Waals surface area contributed by atoms with Crippen molar-refractivity contribution in [3.05, 3.63) is 40.8 Å². The van der Waals surface area contributed by atoms with Crippen LogP contribution in [0.15, 0.2) is 30.7 Å². The van der Waals surface area contributed by atoms with Gasteiger partial charge in [-0.15, -0.1) is 0 Å². The van der Waals surface area contributed by atoms with Crippen LogP contribution in [0.3, 0.4) is 0 Å². The fraction of sp³-hybridized carbons (Fsp3) is 0.389. The molecule has 0 unspecified atom stereocenters. The van der Waals surface area contributed by atoms with Gasteiger partial charge in [0.05, 0.1) is 16.6 Å². The second kappa shape index (κ2) is 7.88. The largest absolute Gasteiger partial charge is 0.491 e. The Bertz CT molecular complexity index is 939. The molecule has 0 spiro atoms. The standard InChI is InChI=1S/C18H20Cl2N6O/c1-24-17-14(11-23-24)18(22-12-21-17)26-6-4-25(5-7-26)8-9-27-16-10-13(19)2-3-15(16)20/h2-3,10-12H,4-9H2,1H3. The summed E-state index contributed by atoms with van der Waals surface area (Å²) < 4.78 is 7.56. The first-order valence-corrected chi connectivity index (χ1v) is 9.55. The van der Waals surface area contributed by atoms with Crippen LogP contribution in [0.1, 0.15) is 0 Å². The fourth-order valence-corrected chi connectivity index (χ4v) is 3.59. The van der Waals surface area contributed by atoms with Crippen molar-refractivity contribution in [3.63, 3.8) is 0 Å². The highest BCUT2D eigenvalue weighted by Crippen LogP contribution is 2.27. The SMILES string of the molecule is Cn1ncc2c(N3CCN(CCOc4cc(Cl)ccc4Cl)CC3)ncnc21. The number of ether oxygens (including phenoxy) is 1. The Balaban J connectivity index is 1.32. The van der Waals surface area contributed by atoms with Crippen LogP contribution in [-0.2, 0) is 7.05 Å². The van der Waals surface area contributed by atoms with Gasteiger partial charge in [-0.05, 0) is 12.1 Å². The third kappa shape index (κ3) is 3.95. The molecule has 0 radical (unpaired) electrons. The van der Waals surface area contributed by atoms with E-state index in [0.29, 0.717) is 22.4 Å². The lowest BCUT2D eigenvalue weighted by atomic mass is 10.3. The summed E-state index contributed by atoms with van der Waals surface area (Å²) in [7, 11) is 1.89. The Kier molecular flexibility index (Phi) is 5.33. The molecule has 4 rings (SSSR count). The zero-order valence-electron chi connectivity index (χ0n) is 15.0. The van der Waals surface area contributed by atoms with E-state index in [4.69, 9.17) is 27.9 Å². The maximum Gasteiger partial charge on any atom is 0.163 e. The number of halogens is 2. The molecule has 27 heavy (non-hydrogen) atoms. The fourth-order valence-electron chi connectivity index (χ4n) is 3.26. The van der Waals surface area contributed by atoms with Crippen LogP contribution >= 0.6 is 23.2 Å². The van der Waals surface area contributed by atoms with Gasteiger partial charge in [0.2, 0.25) is 0 Å². The lowest BCUT2D eigenvalue weighted by Gasteiger charge is -2.35. The third-order valence-electron chi connectivity index (χ3n) is 4.74. The van der Waals surface area contributed by atoms with Gasteiger partial charge in [0.15, 0.2) is 5.65 Å². The molecule has 7 nitrogen and oxygen atoms in total. The van der Waals surface area contributed by atoms with Gasteiger partial charge in [-0.2, -0.15) is 5.10 Å². The average molecular weight is 407 g/mol. The summed E-state index contributed by atoms with van der Waals surface area (Å²) in [6, 6.07) is 5.25. The van der Waals surface area contributed by atoms with Crippen molar-refractivity contribution < 1.29 is 4.74 Å². The van der Waals surface area contributed by atoms with Crippen LogP contribution in [0.25, 0.3) is 11.0 Å². The quantitative estimate of drug-likeness (QED) is 0.649. The van der Waals surface area contributed by atoms with E-state index in [-0.39, 0.29) is 0 Å². The number of fused-ring (bicyclic) bond motifs is 1. The summed E-state index contributed by atoms with van der Waals surface area (Å²) in [5.41, 5.74) is 0.856. The van der Waals surface area contributed by atoms with E-state index in [1.807, 2.05) is 13.2 Å². The molecule has 1 aromatic carbocycles.